The average Bonchev–Trinajstić information content (AvgIpc) is 3.25. The number of nitrogens with one attached hydrogen (secondary N) is 2. The van der Waals surface area contributed by atoms with Crippen LogP contribution < -0.4 is 15.5 Å². The van der Waals surface area contributed by atoms with Crippen molar-refractivity contribution in [3.63, 3.8) is 0 Å². The van der Waals surface area contributed by atoms with E-state index in [4.69, 9.17) is 4.98 Å². The Kier molecular flexibility index (Phi) is 10.6. The molecule has 24 heavy (non-hydrogen) atoms. The number of anilines is 1. The highest BCUT2D eigenvalue weighted by molar-refractivity contribution is 14.0. The summed E-state index contributed by atoms with van der Waals surface area (Å²) >= 11 is 1.77. The highest BCUT2D eigenvalue weighted by Crippen LogP contribution is 2.24. The highest BCUT2D eigenvalue weighted by atomic mass is 127. The van der Waals surface area contributed by atoms with Crippen molar-refractivity contribution in [2.75, 3.05) is 38.1 Å². The molecule has 2 heterocycles. The Labute approximate surface area is 167 Å². The summed E-state index contributed by atoms with van der Waals surface area (Å²) in [6, 6.07) is 0. The third-order valence-electron chi connectivity index (χ3n) is 4.53. The molecule has 0 atom stereocenters. The van der Waals surface area contributed by atoms with E-state index in [1.165, 1.54) is 36.5 Å². The molecule has 7 heteroatoms. The van der Waals surface area contributed by atoms with Gasteiger partial charge in [0, 0.05) is 45.0 Å². The molecule has 1 aliphatic heterocycles. The summed E-state index contributed by atoms with van der Waals surface area (Å²) in [5.74, 6) is 1.61. The van der Waals surface area contributed by atoms with Gasteiger partial charge in [-0.15, -0.1) is 35.3 Å². The molecule has 0 bridgehead atoms. The molecule has 1 aromatic rings. The first-order valence-electron chi connectivity index (χ1n) is 8.90. The molecule has 0 amide bonds. The van der Waals surface area contributed by atoms with Gasteiger partial charge in [0.15, 0.2) is 11.1 Å². The lowest BCUT2D eigenvalue weighted by molar-refractivity contribution is 0.481. The van der Waals surface area contributed by atoms with Gasteiger partial charge in [-0.1, -0.05) is 26.7 Å². The molecule has 0 radical (unpaired) electrons. The van der Waals surface area contributed by atoms with Gasteiger partial charge in [0.1, 0.15) is 0 Å². The first kappa shape index (κ1) is 21.5. The maximum Gasteiger partial charge on any atom is 0.190 e. The van der Waals surface area contributed by atoms with Crippen LogP contribution in [0.15, 0.2) is 10.4 Å². The molecule has 5 nitrogen and oxygen atoms in total. The van der Waals surface area contributed by atoms with Crippen LogP contribution >= 0.6 is 35.3 Å². The topological polar surface area (TPSA) is 52.6 Å². The molecule has 1 saturated heterocycles. The van der Waals surface area contributed by atoms with Gasteiger partial charge in [0.2, 0.25) is 0 Å². The number of hydrogen-bond acceptors (Lipinski definition) is 4. The van der Waals surface area contributed by atoms with Crippen molar-refractivity contribution >= 4 is 46.4 Å². The normalized spacial score (nSPS) is 14.8. The highest BCUT2D eigenvalue weighted by Gasteiger charge is 2.15. The van der Waals surface area contributed by atoms with Crippen LogP contribution in [0, 0.1) is 5.92 Å². The number of hydrogen-bond donors (Lipinski definition) is 2. The van der Waals surface area contributed by atoms with Crippen LogP contribution in [0.25, 0.3) is 0 Å². The number of thiazole rings is 1. The van der Waals surface area contributed by atoms with Crippen LogP contribution in [0.5, 0.6) is 0 Å². The van der Waals surface area contributed by atoms with Gasteiger partial charge in [-0.2, -0.15) is 0 Å². The number of rotatable bonds is 8. The third kappa shape index (κ3) is 6.74. The van der Waals surface area contributed by atoms with Gasteiger partial charge in [-0.3, -0.25) is 4.99 Å². The van der Waals surface area contributed by atoms with Crippen LogP contribution in [0.4, 0.5) is 5.13 Å². The number of nitrogens with zero attached hydrogens (tertiary/aromatic N) is 3. The Morgan fingerprint density at radius 2 is 2.00 bits per heavy atom. The van der Waals surface area contributed by atoms with Gasteiger partial charge >= 0.3 is 0 Å². The Balaban J connectivity index is 0.00000288. The quantitative estimate of drug-likeness (QED) is 0.351. The summed E-state index contributed by atoms with van der Waals surface area (Å²) in [4.78, 5) is 11.5. The van der Waals surface area contributed by atoms with E-state index in [1.54, 1.807) is 11.3 Å². The summed E-state index contributed by atoms with van der Waals surface area (Å²) in [5, 5.41) is 10.2. The molecule has 0 aromatic carbocycles. The van der Waals surface area contributed by atoms with Gasteiger partial charge in [0.05, 0.1) is 5.69 Å². The Hall–Kier alpha value is -0.570. The maximum atomic E-state index is 4.76. The number of guanidine groups is 1. The summed E-state index contributed by atoms with van der Waals surface area (Å²) in [6.07, 6.45) is 5.96. The smallest absolute Gasteiger partial charge is 0.190 e. The fourth-order valence-corrected chi connectivity index (χ4v) is 3.73. The van der Waals surface area contributed by atoms with Gasteiger partial charge in [-0.25, -0.2) is 4.98 Å². The van der Waals surface area contributed by atoms with Crippen molar-refractivity contribution in [1.29, 1.82) is 0 Å². The van der Waals surface area contributed by atoms with E-state index < -0.39 is 0 Å². The van der Waals surface area contributed by atoms with Crippen molar-refractivity contribution in [2.45, 2.75) is 46.0 Å². The molecule has 0 aliphatic carbocycles. The maximum absolute atomic E-state index is 4.76. The first-order valence-corrected chi connectivity index (χ1v) is 9.78. The van der Waals surface area contributed by atoms with Crippen molar-refractivity contribution in [3.05, 3.63) is 11.1 Å². The minimum Gasteiger partial charge on any atom is -0.356 e. The minimum absolute atomic E-state index is 0. The summed E-state index contributed by atoms with van der Waals surface area (Å²) in [6.45, 7) is 8.67. The Bertz CT molecular complexity index is 481. The molecular formula is C17H32IN5S. The van der Waals surface area contributed by atoms with Gasteiger partial charge in [0.25, 0.3) is 0 Å². The molecule has 1 fully saturated rings. The van der Waals surface area contributed by atoms with E-state index in [0.29, 0.717) is 0 Å². The zero-order valence-electron chi connectivity index (χ0n) is 15.2. The van der Waals surface area contributed by atoms with Crippen LogP contribution in [-0.2, 0) is 6.42 Å². The Morgan fingerprint density at radius 1 is 1.29 bits per heavy atom. The van der Waals surface area contributed by atoms with Crippen molar-refractivity contribution < 1.29 is 0 Å². The van der Waals surface area contributed by atoms with Crippen molar-refractivity contribution in [2.24, 2.45) is 10.9 Å². The largest absolute Gasteiger partial charge is 0.356 e. The van der Waals surface area contributed by atoms with E-state index >= 15 is 0 Å². The SMILES string of the molecule is CCC(CC)CNC(=NC)NCCc1csc(N2CCCC2)n1.I. The molecular weight excluding hydrogens is 433 g/mol. The predicted octanol–water partition coefficient (Wildman–Crippen LogP) is 3.51. The molecule has 0 saturated carbocycles. The van der Waals surface area contributed by atoms with Crippen LogP contribution in [-0.4, -0.2) is 44.2 Å². The summed E-state index contributed by atoms with van der Waals surface area (Å²) < 4.78 is 0. The summed E-state index contributed by atoms with van der Waals surface area (Å²) in [5.41, 5.74) is 1.18. The van der Waals surface area contributed by atoms with Crippen molar-refractivity contribution in [3.8, 4) is 0 Å². The average molecular weight is 465 g/mol. The van der Waals surface area contributed by atoms with E-state index in [0.717, 1.165) is 44.5 Å². The molecule has 1 aliphatic rings. The monoisotopic (exact) mass is 465 g/mol. The third-order valence-corrected chi connectivity index (χ3v) is 5.48. The molecule has 2 N–H and O–H groups in total. The predicted molar refractivity (Wildman–Crippen MR) is 116 cm³/mol. The van der Waals surface area contributed by atoms with Gasteiger partial charge in [-0.05, 0) is 18.8 Å². The second kappa shape index (κ2) is 11.9. The number of halogens is 1. The first-order chi connectivity index (χ1) is 11.3. The van der Waals surface area contributed by atoms with Crippen LogP contribution in [0.2, 0.25) is 0 Å². The number of aromatic nitrogens is 1. The zero-order valence-corrected chi connectivity index (χ0v) is 18.3. The van der Waals surface area contributed by atoms with E-state index in [-0.39, 0.29) is 24.0 Å². The molecule has 1 aromatic heterocycles. The van der Waals surface area contributed by atoms with Crippen LogP contribution in [0.1, 0.15) is 45.2 Å². The van der Waals surface area contributed by atoms with Gasteiger partial charge < -0.3 is 15.5 Å². The second-order valence-corrected chi connectivity index (χ2v) is 6.96. The van der Waals surface area contributed by atoms with Crippen molar-refractivity contribution in [1.82, 2.24) is 15.6 Å². The Morgan fingerprint density at radius 3 is 2.62 bits per heavy atom. The fraction of sp³-hybridized carbons (Fsp3) is 0.765. The molecule has 0 unspecified atom stereocenters. The van der Waals surface area contributed by atoms with E-state index in [1.807, 2.05) is 7.05 Å². The molecule has 2 rings (SSSR count). The zero-order chi connectivity index (χ0) is 16.5. The number of aliphatic imine (C=N–C) groups is 1. The lowest BCUT2D eigenvalue weighted by Crippen LogP contribution is -2.40. The second-order valence-electron chi connectivity index (χ2n) is 6.13. The molecule has 138 valence electrons. The standard InChI is InChI=1S/C17H31N5S.HI/c1-4-14(5-2)12-20-16(18-3)19-9-8-15-13-23-17(21-15)22-10-6-7-11-22;/h13-14H,4-12H2,1-3H3,(H2,18,19,20);1H. The minimum atomic E-state index is 0. The van der Waals surface area contributed by atoms with E-state index in [9.17, 15) is 0 Å². The van der Waals surface area contributed by atoms with Crippen LogP contribution in [0.3, 0.4) is 0 Å². The fourth-order valence-electron chi connectivity index (χ4n) is 2.81. The molecule has 0 spiro atoms. The lowest BCUT2D eigenvalue weighted by Gasteiger charge is -2.16. The summed E-state index contributed by atoms with van der Waals surface area (Å²) in [7, 11) is 1.83. The lowest BCUT2D eigenvalue weighted by atomic mass is 10.0. The van der Waals surface area contributed by atoms with E-state index in [2.05, 4.69) is 39.8 Å².